The minimum atomic E-state index is 0.531. The lowest BCUT2D eigenvalue weighted by atomic mass is 10.3. The summed E-state index contributed by atoms with van der Waals surface area (Å²) in [6.45, 7) is 4.49. The predicted octanol–water partition coefficient (Wildman–Crippen LogP) is 1.22. The van der Waals surface area contributed by atoms with Crippen molar-refractivity contribution in [2.75, 3.05) is 25.6 Å². The summed E-state index contributed by atoms with van der Waals surface area (Å²) in [5, 5.41) is 0. The highest BCUT2D eigenvalue weighted by Crippen LogP contribution is 2.02. The molecule has 0 unspecified atom stereocenters. The first kappa shape index (κ1) is 10.9. The Morgan fingerprint density at radius 1 is 1.29 bits per heavy atom. The number of nitrogen functional groups attached to an aromatic ring is 1. The highest BCUT2D eigenvalue weighted by atomic mass is 16.5. The molecule has 0 spiro atoms. The van der Waals surface area contributed by atoms with Crippen molar-refractivity contribution in [1.29, 1.82) is 0 Å². The summed E-state index contributed by atoms with van der Waals surface area (Å²) in [6.07, 6.45) is 1.72. The lowest BCUT2D eigenvalue weighted by molar-refractivity contribution is 0.0452. The van der Waals surface area contributed by atoms with Gasteiger partial charge in [-0.3, -0.25) is 0 Å². The van der Waals surface area contributed by atoms with Crippen LogP contribution in [0, 0.1) is 0 Å². The molecule has 2 N–H and O–H groups in total. The van der Waals surface area contributed by atoms with Gasteiger partial charge in [-0.05, 0) is 18.6 Å². The molecule has 1 aromatic heterocycles. The standard InChI is InChI=1S/C10H16N2O2/c1-2-13-5-6-14-8-9-3-4-10(11)12-7-9/h3-4,7H,2,5-6,8H2,1H3,(H2,11,12). The van der Waals surface area contributed by atoms with Crippen molar-refractivity contribution in [1.82, 2.24) is 4.98 Å². The van der Waals surface area contributed by atoms with Gasteiger partial charge in [0.25, 0.3) is 0 Å². The van der Waals surface area contributed by atoms with Gasteiger partial charge in [-0.15, -0.1) is 0 Å². The molecule has 4 nitrogen and oxygen atoms in total. The van der Waals surface area contributed by atoms with E-state index in [1.165, 1.54) is 0 Å². The number of aromatic nitrogens is 1. The first-order valence-electron chi connectivity index (χ1n) is 4.69. The van der Waals surface area contributed by atoms with Crippen LogP contribution >= 0.6 is 0 Å². The largest absolute Gasteiger partial charge is 0.384 e. The Labute approximate surface area is 84.0 Å². The molecule has 14 heavy (non-hydrogen) atoms. The fraction of sp³-hybridized carbons (Fsp3) is 0.500. The van der Waals surface area contributed by atoms with Gasteiger partial charge in [0.1, 0.15) is 5.82 Å². The monoisotopic (exact) mass is 196 g/mol. The Bertz CT molecular complexity index is 249. The van der Waals surface area contributed by atoms with E-state index >= 15 is 0 Å². The maximum absolute atomic E-state index is 5.45. The van der Waals surface area contributed by atoms with Crippen molar-refractivity contribution in [2.24, 2.45) is 0 Å². The minimum Gasteiger partial charge on any atom is -0.384 e. The van der Waals surface area contributed by atoms with Crippen molar-refractivity contribution < 1.29 is 9.47 Å². The summed E-state index contributed by atoms with van der Waals surface area (Å²) in [7, 11) is 0. The quantitative estimate of drug-likeness (QED) is 0.695. The summed E-state index contributed by atoms with van der Waals surface area (Å²) in [5.41, 5.74) is 6.47. The number of anilines is 1. The van der Waals surface area contributed by atoms with Gasteiger partial charge in [0, 0.05) is 12.8 Å². The van der Waals surface area contributed by atoms with Gasteiger partial charge in [0.15, 0.2) is 0 Å². The normalized spacial score (nSPS) is 10.4. The molecule has 1 aromatic rings. The van der Waals surface area contributed by atoms with Crippen molar-refractivity contribution in [3.63, 3.8) is 0 Å². The van der Waals surface area contributed by atoms with Gasteiger partial charge in [-0.2, -0.15) is 0 Å². The number of ether oxygens (including phenoxy) is 2. The Morgan fingerprint density at radius 2 is 2.07 bits per heavy atom. The van der Waals surface area contributed by atoms with Crippen LogP contribution in [0.1, 0.15) is 12.5 Å². The van der Waals surface area contributed by atoms with Crippen LogP contribution in [0.25, 0.3) is 0 Å². The average Bonchev–Trinajstić information content (AvgIpc) is 2.21. The van der Waals surface area contributed by atoms with E-state index in [4.69, 9.17) is 15.2 Å². The molecule has 0 saturated heterocycles. The van der Waals surface area contributed by atoms with E-state index in [1.807, 2.05) is 13.0 Å². The summed E-state index contributed by atoms with van der Waals surface area (Å²) >= 11 is 0. The maximum Gasteiger partial charge on any atom is 0.123 e. The molecular formula is C10H16N2O2. The second kappa shape index (κ2) is 6.34. The number of pyridine rings is 1. The zero-order valence-corrected chi connectivity index (χ0v) is 8.40. The molecule has 0 aliphatic heterocycles. The molecule has 1 heterocycles. The Balaban J connectivity index is 2.15. The van der Waals surface area contributed by atoms with Gasteiger partial charge >= 0.3 is 0 Å². The van der Waals surface area contributed by atoms with Crippen LogP contribution in [0.5, 0.6) is 0 Å². The van der Waals surface area contributed by atoms with E-state index in [0.717, 1.165) is 12.2 Å². The molecule has 0 saturated carbocycles. The first-order chi connectivity index (χ1) is 6.83. The molecule has 0 aromatic carbocycles. The maximum atomic E-state index is 5.45. The molecule has 4 heteroatoms. The van der Waals surface area contributed by atoms with Crippen LogP contribution in [0.2, 0.25) is 0 Å². The van der Waals surface area contributed by atoms with Crippen LogP contribution in [-0.4, -0.2) is 24.8 Å². The second-order valence-corrected chi connectivity index (χ2v) is 2.84. The third-order valence-electron chi connectivity index (χ3n) is 1.69. The van der Waals surface area contributed by atoms with Crippen LogP contribution in [0.4, 0.5) is 5.82 Å². The number of nitrogens with two attached hydrogens (primary N) is 1. The molecule has 0 aliphatic rings. The van der Waals surface area contributed by atoms with Crippen molar-refractivity contribution in [3.05, 3.63) is 23.9 Å². The summed E-state index contributed by atoms with van der Waals surface area (Å²) in [5.74, 6) is 0.531. The molecule has 0 aliphatic carbocycles. The Hall–Kier alpha value is -1.13. The second-order valence-electron chi connectivity index (χ2n) is 2.84. The van der Waals surface area contributed by atoms with Gasteiger partial charge < -0.3 is 15.2 Å². The predicted molar refractivity (Wildman–Crippen MR) is 54.8 cm³/mol. The Kier molecular flexibility index (Phi) is 4.96. The Morgan fingerprint density at radius 3 is 2.71 bits per heavy atom. The van der Waals surface area contributed by atoms with E-state index in [2.05, 4.69) is 4.98 Å². The molecule has 0 bridgehead atoms. The smallest absolute Gasteiger partial charge is 0.123 e. The third kappa shape index (κ3) is 4.20. The highest BCUT2D eigenvalue weighted by molar-refractivity contribution is 5.28. The highest BCUT2D eigenvalue weighted by Gasteiger charge is 1.93. The number of nitrogens with zero attached hydrogens (tertiary/aromatic N) is 1. The SMILES string of the molecule is CCOCCOCc1ccc(N)nc1. The van der Waals surface area contributed by atoms with E-state index in [0.29, 0.717) is 25.6 Å². The van der Waals surface area contributed by atoms with Crippen molar-refractivity contribution in [2.45, 2.75) is 13.5 Å². The zero-order chi connectivity index (χ0) is 10.2. The van der Waals surface area contributed by atoms with E-state index < -0.39 is 0 Å². The average molecular weight is 196 g/mol. The van der Waals surface area contributed by atoms with E-state index in [9.17, 15) is 0 Å². The van der Waals surface area contributed by atoms with Gasteiger partial charge in [-0.1, -0.05) is 6.07 Å². The van der Waals surface area contributed by atoms with Crippen LogP contribution in [0.15, 0.2) is 18.3 Å². The number of rotatable bonds is 6. The van der Waals surface area contributed by atoms with Gasteiger partial charge in [-0.25, -0.2) is 4.98 Å². The fourth-order valence-electron chi connectivity index (χ4n) is 0.974. The summed E-state index contributed by atoms with van der Waals surface area (Å²) < 4.78 is 10.5. The van der Waals surface area contributed by atoms with Crippen molar-refractivity contribution in [3.8, 4) is 0 Å². The lowest BCUT2D eigenvalue weighted by Crippen LogP contribution is -2.04. The van der Waals surface area contributed by atoms with E-state index in [-0.39, 0.29) is 0 Å². The summed E-state index contributed by atoms with van der Waals surface area (Å²) in [4.78, 5) is 3.96. The minimum absolute atomic E-state index is 0.531. The summed E-state index contributed by atoms with van der Waals surface area (Å²) in [6, 6.07) is 3.67. The lowest BCUT2D eigenvalue weighted by Gasteiger charge is -2.04. The molecule has 1 rings (SSSR count). The van der Waals surface area contributed by atoms with Crippen LogP contribution in [-0.2, 0) is 16.1 Å². The van der Waals surface area contributed by atoms with Gasteiger partial charge in [0.2, 0.25) is 0 Å². The van der Waals surface area contributed by atoms with Crippen molar-refractivity contribution >= 4 is 5.82 Å². The number of hydrogen-bond acceptors (Lipinski definition) is 4. The molecule has 0 atom stereocenters. The molecule has 0 radical (unpaired) electrons. The van der Waals surface area contributed by atoms with E-state index in [1.54, 1.807) is 12.3 Å². The third-order valence-corrected chi connectivity index (χ3v) is 1.69. The van der Waals surface area contributed by atoms with Crippen LogP contribution < -0.4 is 5.73 Å². The van der Waals surface area contributed by atoms with Gasteiger partial charge in [0.05, 0.1) is 19.8 Å². The topological polar surface area (TPSA) is 57.4 Å². The molecule has 78 valence electrons. The molecule has 0 fully saturated rings. The van der Waals surface area contributed by atoms with Crippen LogP contribution in [0.3, 0.4) is 0 Å². The molecule has 0 amide bonds. The molecular weight excluding hydrogens is 180 g/mol. The first-order valence-corrected chi connectivity index (χ1v) is 4.69. The number of hydrogen-bond donors (Lipinski definition) is 1. The zero-order valence-electron chi connectivity index (χ0n) is 8.40. The fourth-order valence-corrected chi connectivity index (χ4v) is 0.974.